The number of nitrogens with two attached hydrogens (primary N) is 1. The Balaban J connectivity index is 2.68. The lowest BCUT2D eigenvalue weighted by atomic mass is 9.94. The standard InChI is InChI=1S/C13H21ClN2O/c1-13(2,17-3)9-11(16-15)8-10-6-4-5-7-12(10)14/h4-7,11,16H,8-9,15H2,1-3H3. The molecule has 3 nitrogen and oxygen atoms in total. The molecule has 0 amide bonds. The predicted molar refractivity (Wildman–Crippen MR) is 72.0 cm³/mol. The van der Waals surface area contributed by atoms with Crippen molar-refractivity contribution in [1.82, 2.24) is 5.43 Å². The van der Waals surface area contributed by atoms with Crippen LogP contribution < -0.4 is 11.3 Å². The molecule has 0 aliphatic heterocycles. The number of ether oxygens (including phenoxy) is 1. The third-order valence-corrected chi connectivity index (χ3v) is 3.32. The summed E-state index contributed by atoms with van der Waals surface area (Å²) in [5.41, 5.74) is 3.73. The van der Waals surface area contributed by atoms with Gasteiger partial charge in [0.2, 0.25) is 0 Å². The van der Waals surface area contributed by atoms with Crippen molar-refractivity contribution >= 4 is 11.6 Å². The molecule has 0 radical (unpaired) electrons. The first-order valence-corrected chi connectivity index (χ1v) is 6.11. The Hall–Kier alpha value is -0.610. The first kappa shape index (κ1) is 14.5. The third kappa shape index (κ3) is 4.64. The van der Waals surface area contributed by atoms with Gasteiger partial charge in [-0.05, 0) is 38.3 Å². The summed E-state index contributed by atoms with van der Waals surface area (Å²) in [5, 5.41) is 0.781. The van der Waals surface area contributed by atoms with Crippen molar-refractivity contribution in [3.8, 4) is 0 Å². The number of hydrazine groups is 1. The molecule has 0 aliphatic carbocycles. The molecule has 0 heterocycles. The highest BCUT2D eigenvalue weighted by Crippen LogP contribution is 2.21. The predicted octanol–water partition coefficient (Wildman–Crippen LogP) is 2.53. The number of halogens is 1. The SMILES string of the molecule is COC(C)(C)CC(Cc1ccccc1Cl)NN. The number of rotatable bonds is 6. The summed E-state index contributed by atoms with van der Waals surface area (Å²) in [5.74, 6) is 5.58. The smallest absolute Gasteiger partial charge is 0.0638 e. The van der Waals surface area contributed by atoms with Gasteiger partial charge in [-0.1, -0.05) is 29.8 Å². The molecule has 1 atom stereocenters. The Morgan fingerprint density at radius 2 is 2.06 bits per heavy atom. The number of methoxy groups -OCH3 is 1. The van der Waals surface area contributed by atoms with Crippen LogP contribution in [0.3, 0.4) is 0 Å². The van der Waals surface area contributed by atoms with Gasteiger partial charge in [-0.2, -0.15) is 0 Å². The molecule has 1 aromatic rings. The summed E-state index contributed by atoms with van der Waals surface area (Å²) in [7, 11) is 1.71. The van der Waals surface area contributed by atoms with E-state index in [4.69, 9.17) is 22.2 Å². The van der Waals surface area contributed by atoms with E-state index in [2.05, 4.69) is 5.43 Å². The first-order chi connectivity index (χ1) is 7.98. The summed E-state index contributed by atoms with van der Waals surface area (Å²) in [6.45, 7) is 4.09. The molecule has 0 aliphatic rings. The van der Waals surface area contributed by atoms with E-state index in [0.717, 1.165) is 23.4 Å². The Labute approximate surface area is 108 Å². The van der Waals surface area contributed by atoms with Gasteiger partial charge in [0.1, 0.15) is 0 Å². The van der Waals surface area contributed by atoms with Gasteiger partial charge in [-0.25, -0.2) is 0 Å². The van der Waals surface area contributed by atoms with Crippen LogP contribution in [0.1, 0.15) is 25.8 Å². The lowest BCUT2D eigenvalue weighted by Crippen LogP contribution is -2.42. The Kier molecular flexibility index (Phi) is 5.40. The normalized spacial score (nSPS) is 13.7. The largest absolute Gasteiger partial charge is 0.379 e. The van der Waals surface area contributed by atoms with Gasteiger partial charge in [0, 0.05) is 18.2 Å². The minimum absolute atomic E-state index is 0.143. The van der Waals surface area contributed by atoms with Crippen LogP contribution in [0, 0.1) is 0 Å². The average molecular weight is 257 g/mol. The molecule has 0 bridgehead atoms. The Morgan fingerprint density at radius 1 is 1.41 bits per heavy atom. The zero-order valence-corrected chi connectivity index (χ0v) is 11.4. The third-order valence-electron chi connectivity index (χ3n) is 2.95. The van der Waals surface area contributed by atoms with E-state index in [1.807, 2.05) is 38.1 Å². The minimum atomic E-state index is -0.196. The van der Waals surface area contributed by atoms with Crippen LogP contribution in [0.5, 0.6) is 0 Å². The van der Waals surface area contributed by atoms with Crippen LogP contribution in [0.2, 0.25) is 5.02 Å². The molecule has 0 saturated heterocycles. The van der Waals surface area contributed by atoms with Crippen LogP contribution in [0.4, 0.5) is 0 Å². The van der Waals surface area contributed by atoms with Crippen LogP contribution in [0.15, 0.2) is 24.3 Å². The molecule has 0 spiro atoms. The maximum atomic E-state index is 6.13. The molecule has 1 rings (SSSR count). The maximum Gasteiger partial charge on any atom is 0.0638 e. The van der Waals surface area contributed by atoms with Gasteiger partial charge < -0.3 is 4.74 Å². The van der Waals surface area contributed by atoms with E-state index in [9.17, 15) is 0 Å². The summed E-state index contributed by atoms with van der Waals surface area (Å²) in [6.07, 6.45) is 1.62. The number of nitrogens with one attached hydrogen (secondary N) is 1. The second kappa shape index (κ2) is 6.36. The van der Waals surface area contributed by atoms with Crippen molar-refractivity contribution in [3.63, 3.8) is 0 Å². The summed E-state index contributed by atoms with van der Waals surface area (Å²) < 4.78 is 5.41. The second-order valence-corrected chi connectivity index (χ2v) is 5.23. The van der Waals surface area contributed by atoms with E-state index in [-0.39, 0.29) is 11.6 Å². The first-order valence-electron chi connectivity index (χ1n) is 5.73. The molecule has 0 fully saturated rings. The Morgan fingerprint density at radius 3 is 2.59 bits per heavy atom. The monoisotopic (exact) mass is 256 g/mol. The van der Waals surface area contributed by atoms with Crippen molar-refractivity contribution in [2.24, 2.45) is 5.84 Å². The molecular formula is C13H21ClN2O. The highest BCUT2D eigenvalue weighted by atomic mass is 35.5. The number of hydrogen-bond donors (Lipinski definition) is 2. The average Bonchev–Trinajstić information content (AvgIpc) is 2.31. The van der Waals surface area contributed by atoms with Crippen molar-refractivity contribution in [2.45, 2.75) is 38.3 Å². The second-order valence-electron chi connectivity index (χ2n) is 4.83. The van der Waals surface area contributed by atoms with E-state index in [1.54, 1.807) is 7.11 Å². The van der Waals surface area contributed by atoms with Crippen molar-refractivity contribution < 1.29 is 4.74 Å². The quantitative estimate of drug-likeness (QED) is 0.607. The maximum absolute atomic E-state index is 6.13. The van der Waals surface area contributed by atoms with Gasteiger partial charge in [0.05, 0.1) is 5.60 Å². The van der Waals surface area contributed by atoms with E-state index in [1.165, 1.54) is 0 Å². The van der Waals surface area contributed by atoms with Crippen molar-refractivity contribution in [3.05, 3.63) is 34.9 Å². The molecule has 0 saturated carbocycles. The summed E-state index contributed by atoms with van der Waals surface area (Å²) in [4.78, 5) is 0. The lowest BCUT2D eigenvalue weighted by molar-refractivity contribution is 0.00711. The highest BCUT2D eigenvalue weighted by Gasteiger charge is 2.22. The fourth-order valence-corrected chi connectivity index (χ4v) is 2.01. The van der Waals surface area contributed by atoms with Crippen LogP contribution in [-0.4, -0.2) is 18.8 Å². The van der Waals surface area contributed by atoms with Crippen LogP contribution >= 0.6 is 11.6 Å². The molecule has 96 valence electrons. The highest BCUT2D eigenvalue weighted by molar-refractivity contribution is 6.31. The van der Waals surface area contributed by atoms with E-state index in [0.29, 0.717) is 0 Å². The van der Waals surface area contributed by atoms with E-state index >= 15 is 0 Å². The summed E-state index contributed by atoms with van der Waals surface area (Å²) >= 11 is 6.13. The van der Waals surface area contributed by atoms with Gasteiger partial charge in [-0.15, -0.1) is 0 Å². The molecule has 1 unspecified atom stereocenters. The lowest BCUT2D eigenvalue weighted by Gasteiger charge is -2.28. The molecular weight excluding hydrogens is 236 g/mol. The van der Waals surface area contributed by atoms with Crippen molar-refractivity contribution in [1.29, 1.82) is 0 Å². The molecule has 0 aromatic heterocycles. The number of benzene rings is 1. The number of hydrogen-bond acceptors (Lipinski definition) is 3. The zero-order valence-electron chi connectivity index (χ0n) is 10.7. The van der Waals surface area contributed by atoms with Gasteiger partial charge in [-0.3, -0.25) is 11.3 Å². The van der Waals surface area contributed by atoms with Crippen LogP contribution in [-0.2, 0) is 11.2 Å². The van der Waals surface area contributed by atoms with Crippen molar-refractivity contribution in [2.75, 3.05) is 7.11 Å². The van der Waals surface area contributed by atoms with Gasteiger partial charge in [0.15, 0.2) is 0 Å². The van der Waals surface area contributed by atoms with E-state index < -0.39 is 0 Å². The Bertz CT molecular complexity index is 355. The van der Waals surface area contributed by atoms with Gasteiger partial charge >= 0.3 is 0 Å². The fraction of sp³-hybridized carbons (Fsp3) is 0.538. The molecule has 1 aromatic carbocycles. The minimum Gasteiger partial charge on any atom is -0.379 e. The molecule has 17 heavy (non-hydrogen) atoms. The molecule has 3 N–H and O–H groups in total. The fourth-order valence-electron chi connectivity index (χ4n) is 1.80. The zero-order chi connectivity index (χ0) is 12.9. The topological polar surface area (TPSA) is 47.3 Å². The molecule has 4 heteroatoms. The summed E-state index contributed by atoms with van der Waals surface area (Å²) in [6, 6.07) is 7.97. The van der Waals surface area contributed by atoms with Crippen LogP contribution in [0.25, 0.3) is 0 Å². The van der Waals surface area contributed by atoms with Gasteiger partial charge in [0.25, 0.3) is 0 Å².